The molecular formula is C19H16F3N2OS+. The Hall–Kier alpha value is -2.64. The Kier molecular flexibility index (Phi) is 5.70. The molecule has 1 amide bonds. The van der Waals surface area contributed by atoms with Crippen LogP contribution < -0.4 is 10.6 Å². The Morgan fingerprint density at radius 3 is 2.46 bits per heavy atom. The van der Waals surface area contributed by atoms with Gasteiger partial charge < -0.3 is 10.6 Å². The van der Waals surface area contributed by atoms with Gasteiger partial charge in [0, 0.05) is 5.56 Å². The zero-order valence-electron chi connectivity index (χ0n) is 13.6. The van der Waals surface area contributed by atoms with E-state index in [0.717, 1.165) is 22.6 Å². The van der Waals surface area contributed by atoms with Crippen molar-refractivity contribution >= 4 is 22.9 Å². The van der Waals surface area contributed by atoms with Crippen molar-refractivity contribution in [2.75, 3.05) is 11.9 Å². The quantitative estimate of drug-likeness (QED) is 0.635. The Bertz CT molecular complexity index is 885. The van der Waals surface area contributed by atoms with Crippen LogP contribution in [0.5, 0.6) is 0 Å². The molecule has 1 heterocycles. The predicted molar refractivity (Wildman–Crippen MR) is 94.3 cm³/mol. The maximum Gasteiger partial charge on any atom is 0.279 e. The van der Waals surface area contributed by atoms with Gasteiger partial charge in [0.15, 0.2) is 24.0 Å². The number of nitrogens with two attached hydrogens (primary N) is 1. The summed E-state index contributed by atoms with van der Waals surface area (Å²) in [4.78, 5) is 13.2. The number of thiophene rings is 1. The van der Waals surface area contributed by atoms with Gasteiger partial charge in [0.25, 0.3) is 5.91 Å². The van der Waals surface area contributed by atoms with Gasteiger partial charge in [-0.3, -0.25) is 4.79 Å². The van der Waals surface area contributed by atoms with Crippen LogP contribution in [0.1, 0.15) is 16.5 Å². The van der Waals surface area contributed by atoms with Crippen molar-refractivity contribution < 1.29 is 23.3 Å². The molecule has 0 bridgehead atoms. The summed E-state index contributed by atoms with van der Waals surface area (Å²) in [5, 5.41) is 6.05. The van der Waals surface area contributed by atoms with E-state index < -0.39 is 23.4 Å². The van der Waals surface area contributed by atoms with Gasteiger partial charge in [-0.1, -0.05) is 36.4 Å². The van der Waals surface area contributed by atoms with E-state index in [9.17, 15) is 18.0 Å². The normalized spacial score (nSPS) is 12.0. The maximum absolute atomic E-state index is 13.7. The number of nitrogens with one attached hydrogen (secondary N) is 1. The van der Waals surface area contributed by atoms with Gasteiger partial charge in [-0.05, 0) is 23.6 Å². The third kappa shape index (κ3) is 4.12. The average Bonchev–Trinajstić information content (AvgIpc) is 3.18. The highest BCUT2D eigenvalue weighted by atomic mass is 32.1. The van der Waals surface area contributed by atoms with Crippen molar-refractivity contribution in [3.63, 3.8) is 0 Å². The Morgan fingerprint density at radius 2 is 1.77 bits per heavy atom. The van der Waals surface area contributed by atoms with Crippen LogP contribution in [0.2, 0.25) is 0 Å². The summed E-state index contributed by atoms with van der Waals surface area (Å²) in [5.74, 6) is -4.81. The highest BCUT2D eigenvalue weighted by molar-refractivity contribution is 7.10. The summed E-state index contributed by atoms with van der Waals surface area (Å²) in [6.45, 7) is -0.00407. The first-order valence-electron chi connectivity index (χ1n) is 7.91. The zero-order valence-corrected chi connectivity index (χ0v) is 14.4. The van der Waals surface area contributed by atoms with Crippen LogP contribution >= 0.6 is 11.3 Å². The topological polar surface area (TPSA) is 45.7 Å². The second-order valence-electron chi connectivity index (χ2n) is 5.61. The molecule has 2 aromatic carbocycles. The van der Waals surface area contributed by atoms with E-state index in [0.29, 0.717) is 0 Å². The molecule has 1 aromatic heterocycles. The standard InChI is InChI=1S/C19H15F3N2OS/c20-13-8-9-14(18(22)17(13)21)24-16(25)11-23-19(15-7-4-10-26-15)12-5-2-1-3-6-12/h1-10,19,23H,11H2,(H,24,25)/p+1/t19-/m1/s1. The molecule has 3 aromatic rings. The third-order valence-electron chi connectivity index (χ3n) is 3.86. The minimum absolute atomic E-state index is 0.00407. The van der Waals surface area contributed by atoms with Gasteiger partial charge in [-0.15, -0.1) is 11.3 Å². The molecule has 134 valence electrons. The van der Waals surface area contributed by atoms with E-state index in [1.165, 1.54) is 0 Å². The van der Waals surface area contributed by atoms with Crippen molar-refractivity contribution in [3.8, 4) is 0 Å². The van der Waals surface area contributed by atoms with Crippen LogP contribution in [0, 0.1) is 17.5 Å². The molecule has 3 N–H and O–H groups in total. The predicted octanol–water partition coefficient (Wildman–Crippen LogP) is 3.46. The number of quaternary nitrogens is 1. The van der Waals surface area contributed by atoms with Crippen LogP contribution in [0.3, 0.4) is 0 Å². The second kappa shape index (κ2) is 8.16. The molecule has 0 radical (unpaired) electrons. The second-order valence-corrected chi connectivity index (χ2v) is 6.59. The van der Waals surface area contributed by atoms with E-state index >= 15 is 0 Å². The minimum atomic E-state index is -1.60. The van der Waals surface area contributed by atoms with Crippen molar-refractivity contribution in [2.45, 2.75) is 6.04 Å². The van der Waals surface area contributed by atoms with E-state index in [4.69, 9.17) is 0 Å². The Morgan fingerprint density at radius 1 is 1.00 bits per heavy atom. The number of hydrogen-bond donors (Lipinski definition) is 2. The number of carbonyl (C=O) groups is 1. The number of rotatable bonds is 6. The Balaban J connectivity index is 1.70. The molecule has 0 fully saturated rings. The average molecular weight is 377 g/mol. The van der Waals surface area contributed by atoms with Crippen molar-refractivity contribution in [1.29, 1.82) is 0 Å². The number of hydrogen-bond acceptors (Lipinski definition) is 2. The van der Waals surface area contributed by atoms with Crippen molar-refractivity contribution in [1.82, 2.24) is 0 Å². The smallest absolute Gasteiger partial charge is 0.279 e. The van der Waals surface area contributed by atoms with Gasteiger partial charge in [0.2, 0.25) is 0 Å². The largest absolute Gasteiger partial charge is 0.328 e. The van der Waals surface area contributed by atoms with E-state index in [2.05, 4.69) is 5.32 Å². The first kappa shape index (κ1) is 18.2. The molecule has 0 aliphatic heterocycles. The molecule has 3 nitrogen and oxygen atoms in total. The number of anilines is 1. The summed E-state index contributed by atoms with van der Waals surface area (Å²) in [7, 11) is 0. The fraction of sp³-hybridized carbons (Fsp3) is 0.105. The lowest BCUT2D eigenvalue weighted by Crippen LogP contribution is -2.87. The summed E-state index contributed by atoms with van der Waals surface area (Å²) in [5.41, 5.74) is 0.649. The van der Waals surface area contributed by atoms with E-state index in [1.807, 2.05) is 53.2 Å². The SMILES string of the molecule is O=C(C[NH2+][C@H](c1ccccc1)c1cccs1)Nc1ccc(F)c(F)c1F. The van der Waals surface area contributed by atoms with Crippen LogP contribution in [0.15, 0.2) is 60.0 Å². The van der Waals surface area contributed by atoms with Gasteiger partial charge in [-0.2, -0.15) is 0 Å². The number of benzene rings is 2. The van der Waals surface area contributed by atoms with Gasteiger partial charge in [0.05, 0.1) is 10.6 Å². The third-order valence-corrected chi connectivity index (χ3v) is 4.81. The van der Waals surface area contributed by atoms with Crippen LogP contribution in [-0.2, 0) is 4.79 Å². The summed E-state index contributed by atoms with van der Waals surface area (Å²) < 4.78 is 39.9. The molecule has 1 atom stereocenters. The molecule has 0 saturated heterocycles. The molecule has 0 unspecified atom stereocenters. The first-order valence-corrected chi connectivity index (χ1v) is 8.79. The van der Waals surface area contributed by atoms with Crippen molar-refractivity contribution in [3.05, 3.63) is 87.9 Å². The molecule has 0 aliphatic carbocycles. The summed E-state index contributed by atoms with van der Waals surface area (Å²) in [6.07, 6.45) is 0. The Labute approximate surface area is 152 Å². The highest BCUT2D eigenvalue weighted by Crippen LogP contribution is 2.22. The number of amides is 1. The van der Waals surface area contributed by atoms with Crippen LogP contribution in [-0.4, -0.2) is 12.5 Å². The number of halogens is 3. The lowest BCUT2D eigenvalue weighted by atomic mass is 10.1. The molecule has 0 spiro atoms. The summed E-state index contributed by atoms with van der Waals surface area (Å²) >= 11 is 1.57. The molecule has 0 saturated carbocycles. The molecule has 3 rings (SSSR count). The van der Waals surface area contributed by atoms with E-state index in [-0.39, 0.29) is 18.3 Å². The maximum atomic E-state index is 13.7. The van der Waals surface area contributed by atoms with Crippen LogP contribution in [0.4, 0.5) is 18.9 Å². The molecular weight excluding hydrogens is 361 g/mol. The fourth-order valence-corrected chi connectivity index (χ4v) is 3.44. The molecule has 0 aliphatic rings. The zero-order chi connectivity index (χ0) is 18.5. The lowest BCUT2D eigenvalue weighted by Gasteiger charge is -2.15. The highest BCUT2D eigenvalue weighted by Gasteiger charge is 2.21. The van der Waals surface area contributed by atoms with Gasteiger partial charge in [0.1, 0.15) is 6.04 Å². The lowest BCUT2D eigenvalue weighted by molar-refractivity contribution is -0.675. The fourth-order valence-electron chi connectivity index (χ4n) is 2.59. The van der Waals surface area contributed by atoms with E-state index in [1.54, 1.807) is 11.3 Å². The summed E-state index contributed by atoms with van der Waals surface area (Å²) in [6, 6.07) is 15.3. The monoisotopic (exact) mass is 377 g/mol. The molecule has 7 heteroatoms. The number of carbonyl (C=O) groups excluding carboxylic acids is 1. The van der Waals surface area contributed by atoms with Gasteiger partial charge in [-0.25, -0.2) is 13.2 Å². The first-order chi connectivity index (χ1) is 12.6. The van der Waals surface area contributed by atoms with Crippen molar-refractivity contribution in [2.24, 2.45) is 0 Å². The van der Waals surface area contributed by atoms with Gasteiger partial charge >= 0.3 is 0 Å². The minimum Gasteiger partial charge on any atom is -0.328 e. The molecule has 26 heavy (non-hydrogen) atoms. The van der Waals surface area contributed by atoms with Crippen LogP contribution in [0.25, 0.3) is 0 Å².